The van der Waals surface area contributed by atoms with Gasteiger partial charge in [-0.05, 0) is 18.2 Å². The number of H-pyrrole nitrogens is 1. The summed E-state index contributed by atoms with van der Waals surface area (Å²) in [5.74, 6) is 0.504. The molecule has 4 nitrogen and oxygen atoms in total. The summed E-state index contributed by atoms with van der Waals surface area (Å²) in [5, 5.41) is 0.939. The summed E-state index contributed by atoms with van der Waals surface area (Å²) in [7, 11) is 1.58. The number of ether oxygens (including phenoxy) is 1. The van der Waals surface area contributed by atoms with Crippen molar-refractivity contribution in [3.05, 3.63) is 59.7 Å². The molecule has 2 heterocycles. The van der Waals surface area contributed by atoms with Gasteiger partial charge in [0.05, 0.1) is 18.4 Å². The molecule has 2 aromatic carbocycles. The molecule has 1 aromatic heterocycles. The monoisotopic (exact) mass is 276 g/mol. The number of aliphatic imine (C=N–C) groups is 1. The van der Waals surface area contributed by atoms with E-state index in [1.165, 1.54) is 0 Å². The third kappa shape index (κ3) is 1.62. The molecule has 1 aliphatic heterocycles. The topological polar surface area (TPSA) is 54.4 Å². The third-order valence-corrected chi connectivity index (χ3v) is 3.71. The van der Waals surface area contributed by atoms with Crippen LogP contribution in [-0.4, -0.2) is 23.6 Å². The highest BCUT2D eigenvalue weighted by Crippen LogP contribution is 2.35. The maximum atomic E-state index is 12.6. The van der Waals surface area contributed by atoms with E-state index in [1.54, 1.807) is 13.2 Å². The van der Waals surface area contributed by atoms with Crippen molar-refractivity contribution in [1.29, 1.82) is 0 Å². The number of fused-ring (bicyclic) bond motifs is 2. The Balaban J connectivity index is 1.99. The normalized spacial score (nSPS) is 13.4. The summed E-state index contributed by atoms with van der Waals surface area (Å²) in [6.45, 7) is 0. The van der Waals surface area contributed by atoms with Crippen LogP contribution >= 0.6 is 0 Å². The average Bonchev–Trinajstić information content (AvgIpc) is 3.05. The van der Waals surface area contributed by atoms with Crippen LogP contribution in [-0.2, 0) is 0 Å². The first kappa shape index (κ1) is 11.9. The van der Waals surface area contributed by atoms with E-state index in [0.717, 1.165) is 16.5 Å². The number of rotatable bonds is 2. The number of benzene rings is 2. The fourth-order valence-corrected chi connectivity index (χ4v) is 2.74. The van der Waals surface area contributed by atoms with E-state index in [9.17, 15) is 4.79 Å². The highest BCUT2D eigenvalue weighted by Gasteiger charge is 2.30. The summed E-state index contributed by atoms with van der Waals surface area (Å²) < 4.78 is 5.40. The lowest BCUT2D eigenvalue weighted by Gasteiger charge is -2.02. The van der Waals surface area contributed by atoms with Gasteiger partial charge in [0.2, 0.25) is 11.7 Å². The molecule has 0 saturated carbocycles. The Morgan fingerprint density at radius 2 is 1.81 bits per heavy atom. The lowest BCUT2D eigenvalue weighted by Crippen LogP contribution is -2.11. The molecular weight excluding hydrogens is 264 g/mol. The van der Waals surface area contributed by atoms with Gasteiger partial charge < -0.3 is 9.72 Å². The van der Waals surface area contributed by atoms with Gasteiger partial charge in [0.1, 0.15) is 5.71 Å². The average molecular weight is 276 g/mol. The van der Waals surface area contributed by atoms with Crippen LogP contribution in [0.5, 0.6) is 5.88 Å². The van der Waals surface area contributed by atoms with Gasteiger partial charge in [0.25, 0.3) is 0 Å². The lowest BCUT2D eigenvalue weighted by molar-refractivity contribution is 0.107. The Kier molecular flexibility index (Phi) is 2.44. The Hall–Kier alpha value is -2.88. The molecule has 21 heavy (non-hydrogen) atoms. The quantitative estimate of drug-likeness (QED) is 0.779. The number of aromatic nitrogens is 1. The number of para-hydroxylation sites is 2. The molecule has 0 fully saturated rings. The number of hydrogen-bond acceptors (Lipinski definition) is 3. The molecule has 4 heteroatoms. The van der Waals surface area contributed by atoms with Gasteiger partial charge in [-0.15, -0.1) is 0 Å². The highest BCUT2D eigenvalue weighted by molar-refractivity contribution is 6.56. The summed E-state index contributed by atoms with van der Waals surface area (Å²) >= 11 is 0. The molecule has 1 N–H and O–H groups in total. The maximum Gasteiger partial charge on any atom is 0.214 e. The predicted molar refractivity (Wildman–Crippen MR) is 81.8 cm³/mol. The van der Waals surface area contributed by atoms with Crippen molar-refractivity contribution in [2.24, 2.45) is 4.99 Å². The highest BCUT2D eigenvalue weighted by atomic mass is 16.5. The number of carbonyl (C=O) groups is 1. The molecule has 1 aliphatic rings. The fraction of sp³-hybridized carbons (Fsp3) is 0.0588. The summed E-state index contributed by atoms with van der Waals surface area (Å²) in [6, 6.07) is 15.2. The van der Waals surface area contributed by atoms with Crippen molar-refractivity contribution in [2.45, 2.75) is 0 Å². The van der Waals surface area contributed by atoms with Crippen LogP contribution < -0.4 is 4.74 Å². The number of carbonyl (C=O) groups excluding carboxylic acids is 1. The minimum atomic E-state index is -0.0614. The number of nitrogens with zero attached hydrogens (tertiary/aromatic N) is 1. The first-order chi connectivity index (χ1) is 10.3. The number of nitrogens with one attached hydrogen (secondary N) is 1. The van der Waals surface area contributed by atoms with Crippen molar-refractivity contribution in [2.75, 3.05) is 7.11 Å². The van der Waals surface area contributed by atoms with Gasteiger partial charge in [-0.25, -0.2) is 4.99 Å². The van der Waals surface area contributed by atoms with E-state index in [2.05, 4.69) is 9.98 Å². The van der Waals surface area contributed by atoms with Crippen LogP contribution in [0.2, 0.25) is 0 Å². The summed E-state index contributed by atoms with van der Waals surface area (Å²) in [4.78, 5) is 20.3. The van der Waals surface area contributed by atoms with Crippen molar-refractivity contribution >= 4 is 28.1 Å². The largest absolute Gasteiger partial charge is 0.482 e. The molecule has 0 aliphatic carbocycles. The SMILES string of the molecule is COc1[nH]c2ccccc2c1C1=Nc2ccccc2C1=O. The number of Topliss-reactive ketones (excluding diaryl/α,β-unsaturated/α-hetero) is 1. The first-order valence-corrected chi connectivity index (χ1v) is 6.67. The van der Waals surface area contributed by atoms with Gasteiger partial charge in [-0.1, -0.05) is 30.3 Å². The van der Waals surface area contributed by atoms with Crippen LogP contribution in [0, 0.1) is 0 Å². The second-order valence-corrected chi connectivity index (χ2v) is 4.89. The Morgan fingerprint density at radius 1 is 1.05 bits per heavy atom. The molecule has 0 radical (unpaired) electrons. The van der Waals surface area contributed by atoms with E-state index in [0.29, 0.717) is 22.8 Å². The Labute approximate surface area is 121 Å². The molecular formula is C17H12N2O2. The summed E-state index contributed by atoms with van der Waals surface area (Å²) in [6.07, 6.45) is 0. The Morgan fingerprint density at radius 3 is 2.62 bits per heavy atom. The van der Waals surface area contributed by atoms with E-state index in [4.69, 9.17) is 4.74 Å². The van der Waals surface area contributed by atoms with Gasteiger partial charge in [0, 0.05) is 16.5 Å². The van der Waals surface area contributed by atoms with Crippen molar-refractivity contribution in [3.63, 3.8) is 0 Å². The number of aromatic amines is 1. The van der Waals surface area contributed by atoms with Crippen molar-refractivity contribution in [1.82, 2.24) is 4.98 Å². The van der Waals surface area contributed by atoms with Crippen molar-refractivity contribution in [3.8, 4) is 5.88 Å². The lowest BCUT2D eigenvalue weighted by atomic mass is 10.0. The van der Waals surface area contributed by atoms with Crippen LogP contribution in [0.15, 0.2) is 53.5 Å². The van der Waals surface area contributed by atoms with Gasteiger partial charge in [-0.2, -0.15) is 0 Å². The molecule has 0 atom stereocenters. The molecule has 0 unspecified atom stereocenters. The van der Waals surface area contributed by atoms with Crippen LogP contribution in [0.3, 0.4) is 0 Å². The molecule has 4 rings (SSSR count). The van der Waals surface area contributed by atoms with Gasteiger partial charge in [0.15, 0.2) is 0 Å². The molecule has 0 spiro atoms. The van der Waals surface area contributed by atoms with Crippen LogP contribution in [0.1, 0.15) is 15.9 Å². The van der Waals surface area contributed by atoms with Gasteiger partial charge >= 0.3 is 0 Å². The third-order valence-electron chi connectivity index (χ3n) is 3.71. The molecule has 0 amide bonds. The number of methoxy groups -OCH3 is 1. The second kappa shape index (κ2) is 4.31. The van der Waals surface area contributed by atoms with E-state index >= 15 is 0 Å². The number of ketones is 1. The van der Waals surface area contributed by atoms with E-state index in [1.807, 2.05) is 42.5 Å². The zero-order valence-corrected chi connectivity index (χ0v) is 11.4. The zero-order chi connectivity index (χ0) is 14.4. The standard InChI is InChI=1S/C17H12N2O2/c1-21-17-14(10-6-2-4-8-12(10)19-17)15-16(20)11-7-3-5-9-13(11)18-15/h2-9,19H,1H3. The Bertz CT molecular complexity index is 906. The molecule has 0 bridgehead atoms. The second-order valence-electron chi connectivity index (χ2n) is 4.89. The van der Waals surface area contributed by atoms with E-state index < -0.39 is 0 Å². The maximum absolute atomic E-state index is 12.6. The van der Waals surface area contributed by atoms with Crippen LogP contribution in [0.4, 0.5) is 5.69 Å². The summed E-state index contributed by atoms with van der Waals surface area (Å²) in [5.41, 5.74) is 3.44. The minimum absolute atomic E-state index is 0.0614. The van der Waals surface area contributed by atoms with Crippen LogP contribution in [0.25, 0.3) is 10.9 Å². The number of hydrogen-bond donors (Lipinski definition) is 1. The molecule has 0 saturated heterocycles. The van der Waals surface area contributed by atoms with Crippen molar-refractivity contribution < 1.29 is 9.53 Å². The first-order valence-electron chi connectivity index (χ1n) is 6.67. The zero-order valence-electron chi connectivity index (χ0n) is 11.4. The smallest absolute Gasteiger partial charge is 0.214 e. The van der Waals surface area contributed by atoms with E-state index in [-0.39, 0.29) is 5.78 Å². The van der Waals surface area contributed by atoms with Gasteiger partial charge in [-0.3, -0.25) is 4.79 Å². The molecule has 102 valence electrons. The minimum Gasteiger partial charge on any atom is -0.482 e. The predicted octanol–water partition coefficient (Wildman–Crippen LogP) is 3.49. The molecule has 3 aromatic rings. The fourth-order valence-electron chi connectivity index (χ4n) is 2.74.